The summed E-state index contributed by atoms with van der Waals surface area (Å²) < 4.78 is 5.68. The Labute approximate surface area is 109 Å². The predicted octanol–water partition coefficient (Wildman–Crippen LogP) is 2.62. The van der Waals surface area contributed by atoms with Gasteiger partial charge in [0.15, 0.2) is 0 Å². The lowest BCUT2D eigenvalue weighted by Gasteiger charge is -2.32. The second-order valence-corrected chi connectivity index (χ2v) is 5.21. The molecule has 0 aliphatic carbocycles. The number of ether oxygens (including phenoxy) is 1. The molecule has 18 heavy (non-hydrogen) atoms. The van der Waals surface area contributed by atoms with E-state index in [-0.39, 0.29) is 0 Å². The van der Waals surface area contributed by atoms with Gasteiger partial charge in [-0.3, -0.25) is 4.90 Å². The van der Waals surface area contributed by atoms with E-state index in [1.807, 2.05) is 13.8 Å². The molecule has 2 rings (SSSR count). The Balaban J connectivity index is 2.05. The lowest BCUT2D eigenvalue weighted by Crippen LogP contribution is -2.41. The van der Waals surface area contributed by atoms with Crippen LogP contribution in [0.15, 0.2) is 12.1 Å². The number of hydrogen-bond acceptors (Lipinski definition) is 3. The molecule has 0 radical (unpaired) electrons. The van der Waals surface area contributed by atoms with Gasteiger partial charge >= 0.3 is 0 Å². The van der Waals surface area contributed by atoms with E-state index < -0.39 is 0 Å². The zero-order chi connectivity index (χ0) is 13.1. The summed E-state index contributed by atoms with van der Waals surface area (Å²) in [5.41, 5.74) is 3.20. The summed E-state index contributed by atoms with van der Waals surface area (Å²) in [5, 5.41) is 9.78. The molecule has 1 aromatic rings. The van der Waals surface area contributed by atoms with E-state index in [2.05, 4.69) is 24.0 Å². The highest BCUT2D eigenvalue weighted by Gasteiger charge is 2.19. The van der Waals surface area contributed by atoms with Gasteiger partial charge in [0, 0.05) is 19.6 Å². The van der Waals surface area contributed by atoms with E-state index in [1.54, 1.807) is 0 Å². The number of morpholine rings is 1. The fourth-order valence-corrected chi connectivity index (χ4v) is 2.57. The second-order valence-electron chi connectivity index (χ2n) is 5.21. The van der Waals surface area contributed by atoms with Crippen molar-refractivity contribution < 1.29 is 9.84 Å². The predicted molar refractivity (Wildman–Crippen MR) is 72.9 cm³/mol. The van der Waals surface area contributed by atoms with Crippen LogP contribution in [0.25, 0.3) is 0 Å². The lowest BCUT2D eigenvalue weighted by molar-refractivity contribution is -0.0324. The highest BCUT2D eigenvalue weighted by atomic mass is 16.5. The van der Waals surface area contributed by atoms with E-state index >= 15 is 0 Å². The zero-order valence-corrected chi connectivity index (χ0v) is 11.6. The van der Waals surface area contributed by atoms with Gasteiger partial charge in [0.25, 0.3) is 0 Å². The summed E-state index contributed by atoms with van der Waals surface area (Å²) in [6.07, 6.45) is 1.45. The Morgan fingerprint density at radius 3 is 2.61 bits per heavy atom. The van der Waals surface area contributed by atoms with Crippen molar-refractivity contribution in [1.29, 1.82) is 0 Å². The van der Waals surface area contributed by atoms with E-state index in [9.17, 15) is 5.11 Å². The summed E-state index contributed by atoms with van der Waals surface area (Å²) >= 11 is 0. The summed E-state index contributed by atoms with van der Waals surface area (Å²) in [4.78, 5) is 2.43. The van der Waals surface area contributed by atoms with Gasteiger partial charge in [-0.1, -0.05) is 19.1 Å². The lowest BCUT2D eigenvalue weighted by atomic mass is 10.0. The molecule has 0 amide bonds. The SMILES string of the molecule is CCC1CN(Cc2cc(C)c(O)c(C)c2)CCO1. The number of phenolic OH excluding ortho intramolecular Hbond substituents is 1. The molecule has 3 heteroatoms. The Kier molecular flexibility index (Phi) is 4.25. The number of aromatic hydroxyl groups is 1. The maximum absolute atomic E-state index is 9.78. The second kappa shape index (κ2) is 5.72. The van der Waals surface area contributed by atoms with Crippen LogP contribution in [0.3, 0.4) is 0 Å². The number of nitrogens with zero attached hydrogens (tertiary/aromatic N) is 1. The van der Waals surface area contributed by atoms with Gasteiger partial charge < -0.3 is 9.84 Å². The van der Waals surface area contributed by atoms with Gasteiger partial charge in [-0.05, 0) is 37.0 Å². The largest absolute Gasteiger partial charge is 0.507 e. The van der Waals surface area contributed by atoms with Crippen LogP contribution in [0.4, 0.5) is 0 Å². The van der Waals surface area contributed by atoms with Crippen LogP contribution >= 0.6 is 0 Å². The Hall–Kier alpha value is -1.06. The highest BCUT2D eigenvalue weighted by molar-refractivity contribution is 5.42. The molecule has 1 unspecified atom stereocenters. The Morgan fingerprint density at radius 1 is 1.33 bits per heavy atom. The summed E-state index contributed by atoms with van der Waals surface area (Å²) in [6.45, 7) is 9.87. The third-order valence-corrected chi connectivity index (χ3v) is 3.64. The van der Waals surface area contributed by atoms with Crippen molar-refractivity contribution in [3.8, 4) is 5.75 Å². The topological polar surface area (TPSA) is 32.7 Å². The average molecular weight is 249 g/mol. The van der Waals surface area contributed by atoms with Gasteiger partial charge in [0.05, 0.1) is 12.7 Å². The molecule has 0 spiro atoms. The minimum absolute atomic E-state index is 0.373. The summed E-state index contributed by atoms with van der Waals surface area (Å²) in [6, 6.07) is 4.16. The van der Waals surface area contributed by atoms with Crippen molar-refractivity contribution in [2.45, 2.75) is 39.8 Å². The fourth-order valence-electron chi connectivity index (χ4n) is 2.57. The van der Waals surface area contributed by atoms with Gasteiger partial charge in [-0.25, -0.2) is 0 Å². The number of aryl methyl sites for hydroxylation is 2. The third-order valence-electron chi connectivity index (χ3n) is 3.64. The molecule has 1 atom stereocenters. The van der Waals surface area contributed by atoms with Crippen molar-refractivity contribution in [2.24, 2.45) is 0 Å². The molecule has 0 saturated carbocycles. The monoisotopic (exact) mass is 249 g/mol. The maximum Gasteiger partial charge on any atom is 0.121 e. The smallest absolute Gasteiger partial charge is 0.121 e. The van der Waals surface area contributed by atoms with Crippen molar-refractivity contribution in [3.63, 3.8) is 0 Å². The average Bonchev–Trinajstić information content (AvgIpc) is 2.36. The molecule has 1 aliphatic rings. The Bertz CT molecular complexity index is 394. The number of phenols is 1. The van der Waals surface area contributed by atoms with Crippen LogP contribution in [-0.2, 0) is 11.3 Å². The first-order chi connectivity index (χ1) is 8.60. The number of hydrogen-bond donors (Lipinski definition) is 1. The molecule has 3 nitrogen and oxygen atoms in total. The minimum Gasteiger partial charge on any atom is -0.507 e. The molecule has 1 saturated heterocycles. The summed E-state index contributed by atoms with van der Waals surface area (Å²) in [7, 11) is 0. The Morgan fingerprint density at radius 2 is 2.00 bits per heavy atom. The molecule has 0 bridgehead atoms. The van der Waals surface area contributed by atoms with Crippen LogP contribution < -0.4 is 0 Å². The zero-order valence-electron chi connectivity index (χ0n) is 11.6. The molecular formula is C15H23NO2. The third kappa shape index (κ3) is 3.03. The fraction of sp³-hybridized carbons (Fsp3) is 0.600. The van der Waals surface area contributed by atoms with Crippen LogP contribution in [0.5, 0.6) is 5.75 Å². The molecule has 1 heterocycles. The number of rotatable bonds is 3. The van der Waals surface area contributed by atoms with E-state index in [0.717, 1.165) is 43.8 Å². The van der Waals surface area contributed by atoms with Gasteiger partial charge in [-0.2, -0.15) is 0 Å². The van der Waals surface area contributed by atoms with Crippen molar-refractivity contribution in [1.82, 2.24) is 4.90 Å². The normalized spacial score (nSPS) is 21.2. The maximum atomic E-state index is 9.78. The molecule has 1 aromatic carbocycles. The first-order valence-electron chi connectivity index (χ1n) is 6.73. The molecule has 1 fully saturated rings. The van der Waals surface area contributed by atoms with E-state index in [4.69, 9.17) is 4.74 Å². The van der Waals surface area contributed by atoms with Crippen molar-refractivity contribution in [2.75, 3.05) is 19.7 Å². The van der Waals surface area contributed by atoms with Crippen molar-refractivity contribution in [3.05, 3.63) is 28.8 Å². The first kappa shape index (κ1) is 13.4. The molecule has 1 aliphatic heterocycles. The molecule has 0 aromatic heterocycles. The van der Waals surface area contributed by atoms with Crippen LogP contribution in [-0.4, -0.2) is 35.8 Å². The van der Waals surface area contributed by atoms with E-state index in [1.165, 1.54) is 5.56 Å². The standard InChI is InChI=1S/C15H23NO2/c1-4-14-10-16(5-6-18-14)9-13-7-11(2)15(17)12(3)8-13/h7-8,14,17H,4-6,9-10H2,1-3H3. The van der Waals surface area contributed by atoms with Gasteiger partial charge in [-0.15, -0.1) is 0 Å². The molecule has 1 N–H and O–H groups in total. The first-order valence-corrected chi connectivity index (χ1v) is 6.73. The van der Waals surface area contributed by atoms with Crippen LogP contribution in [0.2, 0.25) is 0 Å². The molecule has 100 valence electrons. The quantitative estimate of drug-likeness (QED) is 0.894. The van der Waals surface area contributed by atoms with Crippen LogP contribution in [0, 0.1) is 13.8 Å². The van der Waals surface area contributed by atoms with Crippen LogP contribution in [0.1, 0.15) is 30.0 Å². The van der Waals surface area contributed by atoms with Gasteiger partial charge in [0.2, 0.25) is 0 Å². The highest BCUT2D eigenvalue weighted by Crippen LogP contribution is 2.24. The van der Waals surface area contributed by atoms with Crippen molar-refractivity contribution >= 4 is 0 Å². The minimum atomic E-state index is 0.373. The summed E-state index contributed by atoms with van der Waals surface area (Å²) in [5.74, 6) is 0.423. The number of benzene rings is 1. The molecular weight excluding hydrogens is 226 g/mol. The van der Waals surface area contributed by atoms with Gasteiger partial charge in [0.1, 0.15) is 5.75 Å². The van der Waals surface area contributed by atoms with E-state index in [0.29, 0.717) is 11.9 Å².